The van der Waals surface area contributed by atoms with Gasteiger partial charge in [0.2, 0.25) is 0 Å². The zero-order chi connectivity index (χ0) is 14.5. The molecule has 1 rings (SSSR count). The van der Waals surface area contributed by atoms with Gasteiger partial charge in [-0.25, -0.2) is 0 Å². The van der Waals surface area contributed by atoms with Gasteiger partial charge in [-0.05, 0) is 47.9 Å². The van der Waals surface area contributed by atoms with Gasteiger partial charge < -0.3 is 5.11 Å². The van der Waals surface area contributed by atoms with Gasteiger partial charge in [-0.3, -0.25) is 0 Å². The molecule has 0 aliphatic heterocycles. The van der Waals surface area contributed by atoms with Crippen molar-refractivity contribution in [2.24, 2.45) is 0 Å². The van der Waals surface area contributed by atoms with E-state index in [2.05, 4.69) is 33.8 Å². The summed E-state index contributed by atoms with van der Waals surface area (Å²) >= 11 is 0. The van der Waals surface area contributed by atoms with Crippen molar-refractivity contribution in [1.82, 2.24) is 0 Å². The molecule has 0 radical (unpaired) electrons. The van der Waals surface area contributed by atoms with Crippen molar-refractivity contribution in [2.45, 2.75) is 78.6 Å². The lowest BCUT2D eigenvalue weighted by atomic mass is 9.81. The van der Waals surface area contributed by atoms with Gasteiger partial charge >= 0.3 is 0 Å². The molecule has 0 saturated carbocycles. The van der Waals surface area contributed by atoms with Crippen LogP contribution in [0, 0.1) is 6.92 Å². The van der Waals surface area contributed by atoms with Gasteiger partial charge in [0, 0.05) is 0 Å². The van der Waals surface area contributed by atoms with Crippen molar-refractivity contribution < 1.29 is 5.11 Å². The molecule has 0 aromatic heterocycles. The number of hydrogen-bond acceptors (Lipinski definition) is 1. The number of phenolic OH excluding ortho intramolecular Hbond substituents is 1. The number of rotatable bonds is 6. The van der Waals surface area contributed by atoms with Gasteiger partial charge in [0.05, 0.1) is 0 Å². The Morgan fingerprint density at radius 1 is 1.00 bits per heavy atom. The average molecular weight is 262 g/mol. The van der Waals surface area contributed by atoms with Crippen LogP contribution in [0.4, 0.5) is 0 Å². The Morgan fingerprint density at radius 2 is 1.63 bits per heavy atom. The van der Waals surface area contributed by atoms with Crippen molar-refractivity contribution >= 4 is 0 Å². The molecule has 0 heterocycles. The molecular formula is C18H30O. The maximum absolute atomic E-state index is 9.93. The monoisotopic (exact) mass is 262 g/mol. The highest BCUT2D eigenvalue weighted by atomic mass is 16.3. The Bertz CT molecular complexity index is 399. The van der Waals surface area contributed by atoms with Gasteiger partial charge in [0.15, 0.2) is 0 Å². The molecule has 0 saturated heterocycles. The first-order valence-electron chi connectivity index (χ1n) is 7.69. The van der Waals surface area contributed by atoms with Crippen molar-refractivity contribution in [3.63, 3.8) is 0 Å². The van der Waals surface area contributed by atoms with E-state index in [0.29, 0.717) is 5.75 Å². The van der Waals surface area contributed by atoms with Crippen LogP contribution in [-0.2, 0) is 11.8 Å². The molecule has 0 bridgehead atoms. The van der Waals surface area contributed by atoms with Crippen LogP contribution in [-0.4, -0.2) is 5.11 Å². The molecule has 1 heteroatoms. The van der Waals surface area contributed by atoms with E-state index in [1.165, 1.54) is 43.2 Å². The summed E-state index contributed by atoms with van der Waals surface area (Å²) in [5.74, 6) is 0.430. The minimum Gasteiger partial charge on any atom is -0.508 e. The van der Waals surface area contributed by atoms with E-state index in [1.807, 2.05) is 13.0 Å². The summed E-state index contributed by atoms with van der Waals surface area (Å²) in [5.41, 5.74) is 3.81. The van der Waals surface area contributed by atoms with Gasteiger partial charge in [-0.1, -0.05) is 59.4 Å². The third kappa shape index (κ3) is 4.89. The molecule has 1 aromatic rings. The SMILES string of the molecule is CCCCCCCc1cc(C)c(O)cc1C(C)(C)C. The van der Waals surface area contributed by atoms with E-state index in [0.717, 1.165) is 12.0 Å². The second-order valence-corrected chi connectivity index (χ2v) is 6.71. The minimum absolute atomic E-state index is 0.101. The van der Waals surface area contributed by atoms with Gasteiger partial charge in [0.1, 0.15) is 5.75 Å². The normalized spacial score (nSPS) is 11.8. The zero-order valence-electron chi connectivity index (χ0n) is 13.3. The second-order valence-electron chi connectivity index (χ2n) is 6.71. The number of benzene rings is 1. The fourth-order valence-corrected chi connectivity index (χ4v) is 2.58. The third-order valence-electron chi connectivity index (χ3n) is 3.78. The molecule has 0 fully saturated rings. The molecule has 0 aliphatic carbocycles. The molecule has 1 aromatic carbocycles. The van der Waals surface area contributed by atoms with E-state index in [4.69, 9.17) is 0 Å². The highest BCUT2D eigenvalue weighted by molar-refractivity contribution is 5.44. The topological polar surface area (TPSA) is 20.2 Å². The molecule has 0 spiro atoms. The zero-order valence-corrected chi connectivity index (χ0v) is 13.3. The standard InChI is InChI=1S/C18H30O/c1-6-7-8-9-10-11-15-12-14(2)17(19)13-16(15)18(3,4)5/h12-13,19H,6-11H2,1-5H3. The molecule has 1 N–H and O–H groups in total. The quantitative estimate of drug-likeness (QED) is 0.670. The van der Waals surface area contributed by atoms with Crippen molar-refractivity contribution in [3.05, 3.63) is 28.8 Å². The third-order valence-corrected chi connectivity index (χ3v) is 3.78. The summed E-state index contributed by atoms with van der Waals surface area (Å²) in [5, 5.41) is 9.93. The number of unbranched alkanes of at least 4 members (excludes halogenated alkanes) is 4. The Kier molecular flexibility index (Phi) is 5.90. The first-order valence-corrected chi connectivity index (χ1v) is 7.69. The lowest BCUT2D eigenvalue weighted by Crippen LogP contribution is -2.14. The number of phenols is 1. The van der Waals surface area contributed by atoms with Crippen LogP contribution in [0.15, 0.2) is 12.1 Å². The van der Waals surface area contributed by atoms with Crippen LogP contribution in [0.5, 0.6) is 5.75 Å². The van der Waals surface area contributed by atoms with Crippen molar-refractivity contribution in [2.75, 3.05) is 0 Å². The summed E-state index contributed by atoms with van der Waals surface area (Å²) in [6, 6.07) is 4.15. The first kappa shape index (κ1) is 16.1. The number of aromatic hydroxyl groups is 1. The van der Waals surface area contributed by atoms with Gasteiger partial charge in [-0.2, -0.15) is 0 Å². The predicted octanol–water partition coefficient (Wildman–Crippen LogP) is 5.51. The summed E-state index contributed by atoms with van der Waals surface area (Å²) in [7, 11) is 0. The highest BCUT2D eigenvalue weighted by Gasteiger charge is 2.19. The highest BCUT2D eigenvalue weighted by Crippen LogP contribution is 2.32. The van der Waals surface area contributed by atoms with Crippen LogP contribution in [0.3, 0.4) is 0 Å². The molecule has 0 aliphatic rings. The smallest absolute Gasteiger partial charge is 0.118 e. The number of aryl methyl sites for hydroxylation is 2. The Labute approximate surface area is 119 Å². The molecule has 0 amide bonds. The van der Waals surface area contributed by atoms with Crippen LogP contribution < -0.4 is 0 Å². The first-order chi connectivity index (χ1) is 8.86. The Balaban J connectivity index is 2.78. The average Bonchev–Trinajstić information content (AvgIpc) is 2.31. The minimum atomic E-state index is 0.101. The van der Waals surface area contributed by atoms with Crippen LogP contribution in [0.25, 0.3) is 0 Å². The van der Waals surface area contributed by atoms with Crippen LogP contribution >= 0.6 is 0 Å². The second kappa shape index (κ2) is 6.98. The Hall–Kier alpha value is -0.980. The van der Waals surface area contributed by atoms with E-state index < -0.39 is 0 Å². The lowest BCUT2D eigenvalue weighted by Gasteiger charge is -2.24. The fourth-order valence-electron chi connectivity index (χ4n) is 2.58. The van der Waals surface area contributed by atoms with E-state index in [-0.39, 0.29) is 5.41 Å². The van der Waals surface area contributed by atoms with Crippen molar-refractivity contribution in [1.29, 1.82) is 0 Å². The maximum atomic E-state index is 9.93. The summed E-state index contributed by atoms with van der Waals surface area (Å²) in [6.45, 7) is 10.9. The Morgan fingerprint density at radius 3 is 2.21 bits per heavy atom. The van der Waals surface area contributed by atoms with E-state index in [1.54, 1.807) is 0 Å². The predicted molar refractivity (Wildman–Crippen MR) is 84.0 cm³/mol. The number of hydrogen-bond donors (Lipinski definition) is 1. The summed E-state index contributed by atoms with van der Waals surface area (Å²) in [6.07, 6.45) is 7.70. The lowest BCUT2D eigenvalue weighted by molar-refractivity contribution is 0.465. The summed E-state index contributed by atoms with van der Waals surface area (Å²) < 4.78 is 0. The van der Waals surface area contributed by atoms with Crippen LogP contribution in [0.1, 0.15) is 76.5 Å². The van der Waals surface area contributed by atoms with E-state index in [9.17, 15) is 5.11 Å². The molecular weight excluding hydrogens is 232 g/mol. The van der Waals surface area contributed by atoms with Crippen LogP contribution in [0.2, 0.25) is 0 Å². The molecule has 0 unspecified atom stereocenters. The van der Waals surface area contributed by atoms with Gasteiger partial charge in [0.25, 0.3) is 0 Å². The molecule has 0 atom stereocenters. The van der Waals surface area contributed by atoms with Crippen molar-refractivity contribution in [3.8, 4) is 5.75 Å². The summed E-state index contributed by atoms with van der Waals surface area (Å²) in [4.78, 5) is 0. The maximum Gasteiger partial charge on any atom is 0.118 e. The fraction of sp³-hybridized carbons (Fsp3) is 0.667. The largest absolute Gasteiger partial charge is 0.508 e. The molecule has 1 nitrogen and oxygen atoms in total. The molecule has 108 valence electrons. The van der Waals surface area contributed by atoms with Gasteiger partial charge in [-0.15, -0.1) is 0 Å². The van der Waals surface area contributed by atoms with E-state index >= 15 is 0 Å². The molecule has 19 heavy (non-hydrogen) atoms.